The number of esters is 1. The number of ether oxygens (including phenoxy) is 1. The van der Waals surface area contributed by atoms with E-state index in [2.05, 4.69) is 10.1 Å². The number of likely N-dealkylation sites (tertiary alicyclic amines) is 1. The van der Waals surface area contributed by atoms with E-state index in [0.717, 1.165) is 0 Å². The van der Waals surface area contributed by atoms with Crippen LogP contribution in [-0.4, -0.2) is 54.5 Å². The van der Waals surface area contributed by atoms with Crippen LogP contribution in [-0.2, 0) is 19.1 Å². The molecule has 1 atom stereocenters. The molecule has 0 aromatic rings. The molecule has 1 aliphatic rings. The van der Waals surface area contributed by atoms with E-state index >= 15 is 0 Å². The normalized spacial score (nSPS) is 17.7. The quantitative estimate of drug-likeness (QED) is 0.504. The molecule has 7 heteroatoms. The predicted molar refractivity (Wildman–Crippen MR) is 68.0 cm³/mol. The van der Waals surface area contributed by atoms with Crippen LogP contribution in [0.5, 0.6) is 0 Å². The highest BCUT2D eigenvalue weighted by Gasteiger charge is 2.27. The first-order valence-corrected chi connectivity index (χ1v) is 6.43. The highest BCUT2D eigenvalue weighted by molar-refractivity contribution is 6.01. The monoisotopic (exact) mass is 271 g/mol. The molecule has 1 fully saturated rings. The molecule has 0 bridgehead atoms. The molecule has 0 aliphatic carbocycles. The van der Waals surface area contributed by atoms with Gasteiger partial charge in [0.05, 0.1) is 6.61 Å². The van der Waals surface area contributed by atoms with Crippen molar-refractivity contribution >= 4 is 17.8 Å². The standard InChI is InChI=1S/C12H21N3O4/c1-3-19-12(18)10(13)11(17)14-9-4-6-15(7-5-9)8(2)16/h9-10H,3-7,13H2,1-2H3,(H,14,17). The fourth-order valence-electron chi connectivity index (χ4n) is 1.97. The zero-order chi connectivity index (χ0) is 14.4. The Kier molecular flexibility index (Phi) is 5.75. The lowest BCUT2D eigenvalue weighted by molar-refractivity contribution is -0.148. The van der Waals surface area contributed by atoms with Gasteiger partial charge in [0, 0.05) is 26.1 Å². The Hall–Kier alpha value is -1.63. The Morgan fingerprint density at radius 3 is 2.42 bits per heavy atom. The lowest BCUT2D eigenvalue weighted by atomic mass is 10.0. The first kappa shape index (κ1) is 15.4. The van der Waals surface area contributed by atoms with E-state index in [1.54, 1.807) is 11.8 Å². The van der Waals surface area contributed by atoms with E-state index < -0.39 is 17.9 Å². The number of nitrogens with two attached hydrogens (primary N) is 1. The molecule has 0 aromatic carbocycles. The van der Waals surface area contributed by atoms with Crippen LogP contribution in [0.4, 0.5) is 0 Å². The molecule has 108 valence electrons. The van der Waals surface area contributed by atoms with E-state index in [1.165, 1.54) is 6.92 Å². The summed E-state index contributed by atoms with van der Waals surface area (Å²) in [6, 6.07) is -1.34. The fourth-order valence-corrected chi connectivity index (χ4v) is 1.97. The molecule has 0 spiro atoms. The maximum absolute atomic E-state index is 11.7. The molecule has 1 aliphatic heterocycles. The summed E-state index contributed by atoms with van der Waals surface area (Å²) in [6.45, 7) is 4.58. The minimum Gasteiger partial charge on any atom is -0.464 e. The molecule has 1 rings (SSSR count). The Balaban J connectivity index is 2.38. The van der Waals surface area contributed by atoms with Gasteiger partial charge in [-0.2, -0.15) is 0 Å². The second kappa shape index (κ2) is 7.08. The second-order valence-corrected chi connectivity index (χ2v) is 4.52. The average molecular weight is 271 g/mol. The molecule has 2 amide bonds. The maximum Gasteiger partial charge on any atom is 0.332 e. The summed E-state index contributed by atoms with van der Waals surface area (Å²) in [7, 11) is 0. The number of nitrogens with zero attached hydrogens (tertiary/aromatic N) is 1. The zero-order valence-electron chi connectivity index (χ0n) is 11.3. The smallest absolute Gasteiger partial charge is 0.332 e. The lowest BCUT2D eigenvalue weighted by Crippen LogP contribution is -2.52. The Bertz CT molecular complexity index is 351. The zero-order valence-corrected chi connectivity index (χ0v) is 11.3. The maximum atomic E-state index is 11.7. The second-order valence-electron chi connectivity index (χ2n) is 4.52. The van der Waals surface area contributed by atoms with Crippen molar-refractivity contribution in [1.82, 2.24) is 10.2 Å². The summed E-state index contributed by atoms with van der Waals surface area (Å²) in [5.74, 6) is -1.21. The SMILES string of the molecule is CCOC(=O)C(N)C(=O)NC1CCN(C(C)=O)CC1. The van der Waals surface area contributed by atoms with Gasteiger partial charge in [-0.1, -0.05) is 0 Å². The summed E-state index contributed by atoms with van der Waals surface area (Å²) >= 11 is 0. The number of rotatable bonds is 4. The van der Waals surface area contributed by atoms with Gasteiger partial charge in [-0.25, -0.2) is 4.79 Å². The third-order valence-electron chi connectivity index (χ3n) is 3.11. The minimum absolute atomic E-state index is 0.0352. The molecule has 19 heavy (non-hydrogen) atoms. The largest absolute Gasteiger partial charge is 0.464 e. The van der Waals surface area contributed by atoms with Gasteiger partial charge in [0.15, 0.2) is 6.04 Å². The van der Waals surface area contributed by atoms with Gasteiger partial charge in [-0.05, 0) is 19.8 Å². The molecular weight excluding hydrogens is 250 g/mol. The van der Waals surface area contributed by atoms with Crippen LogP contribution in [0.25, 0.3) is 0 Å². The third kappa shape index (κ3) is 4.51. The molecule has 3 N–H and O–H groups in total. The summed E-state index contributed by atoms with van der Waals surface area (Å²) in [6.07, 6.45) is 1.34. The number of hydrogen-bond acceptors (Lipinski definition) is 5. The number of amides is 2. The molecule has 0 radical (unpaired) electrons. The number of nitrogens with one attached hydrogen (secondary N) is 1. The Labute approximate surface area is 112 Å². The van der Waals surface area contributed by atoms with Crippen LogP contribution in [0.15, 0.2) is 0 Å². The van der Waals surface area contributed by atoms with Crippen LogP contribution in [0, 0.1) is 0 Å². The summed E-state index contributed by atoms with van der Waals surface area (Å²) in [5.41, 5.74) is 5.49. The van der Waals surface area contributed by atoms with Crippen molar-refractivity contribution in [2.24, 2.45) is 5.73 Å². The topological polar surface area (TPSA) is 102 Å². The molecule has 1 heterocycles. The van der Waals surface area contributed by atoms with Crippen LogP contribution in [0.2, 0.25) is 0 Å². The number of hydrogen-bond donors (Lipinski definition) is 2. The number of carbonyl (C=O) groups is 3. The Morgan fingerprint density at radius 2 is 1.95 bits per heavy atom. The van der Waals surface area contributed by atoms with Crippen molar-refractivity contribution in [2.45, 2.75) is 38.8 Å². The highest BCUT2D eigenvalue weighted by atomic mass is 16.5. The van der Waals surface area contributed by atoms with Crippen LogP contribution >= 0.6 is 0 Å². The van der Waals surface area contributed by atoms with Crippen LogP contribution in [0.1, 0.15) is 26.7 Å². The van der Waals surface area contributed by atoms with Crippen LogP contribution in [0.3, 0.4) is 0 Å². The summed E-state index contributed by atoms with van der Waals surface area (Å²) in [5, 5.41) is 2.71. The molecule has 0 saturated carbocycles. The third-order valence-corrected chi connectivity index (χ3v) is 3.11. The van der Waals surface area contributed by atoms with E-state index in [0.29, 0.717) is 25.9 Å². The van der Waals surface area contributed by atoms with Gasteiger partial charge in [-0.3, -0.25) is 9.59 Å². The van der Waals surface area contributed by atoms with E-state index in [1.807, 2.05) is 0 Å². The highest BCUT2D eigenvalue weighted by Crippen LogP contribution is 2.10. The molecule has 0 aromatic heterocycles. The summed E-state index contributed by atoms with van der Waals surface area (Å²) in [4.78, 5) is 35.9. The fraction of sp³-hybridized carbons (Fsp3) is 0.750. The minimum atomic E-state index is -1.29. The van der Waals surface area contributed by atoms with Crippen molar-refractivity contribution in [3.63, 3.8) is 0 Å². The molecule has 1 unspecified atom stereocenters. The van der Waals surface area contributed by atoms with E-state index in [-0.39, 0.29) is 18.6 Å². The number of piperidine rings is 1. The molecule has 1 saturated heterocycles. The van der Waals surface area contributed by atoms with E-state index in [9.17, 15) is 14.4 Å². The van der Waals surface area contributed by atoms with Gasteiger partial charge >= 0.3 is 5.97 Å². The van der Waals surface area contributed by atoms with Crippen molar-refractivity contribution in [1.29, 1.82) is 0 Å². The number of carbonyl (C=O) groups excluding carboxylic acids is 3. The van der Waals surface area contributed by atoms with Gasteiger partial charge in [0.2, 0.25) is 11.8 Å². The summed E-state index contributed by atoms with van der Waals surface area (Å²) < 4.78 is 4.68. The lowest BCUT2D eigenvalue weighted by Gasteiger charge is -2.32. The predicted octanol–water partition coefficient (Wildman–Crippen LogP) is -0.996. The first-order chi connectivity index (χ1) is 8.95. The van der Waals surface area contributed by atoms with E-state index in [4.69, 9.17) is 5.73 Å². The average Bonchev–Trinajstić information content (AvgIpc) is 2.38. The Morgan fingerprint density at radius 1 is 1.37 bits per heavy atom. The van der Waals surface area contributed by atoms with Gasteiger partial charge < -0.3 is 20.7 Å². The first-order valence-electron chi connectivity index (χ1n) is 6.43. The van der Waals surface area contributed by atoms with Gasteiger partial charge in [0.1, 0.15) is 0 Å². The van der Waals surface area contributed by atoms with Gasteiger partial charge in [0.25, 0.3) is 0 Å². The van der Waals surface area contributed by atoms with Crippen molar-refractivity contribution in [3.05, 3.63) is 0 Å². The van der Waals surface area contributed by atoms with Crippen molar-refractivity contribution < 1.29 is 19.1 Å². The van der Waals surface area contributed by atoms with Gasteiger partial charge in [-0.15, -0.1) is 0 Å². The molecule has 7 nitrogen and oxygen atoms in total. The van der Waals surface area contributed by atoms with Crippen LogP contribution < -0.4 is 11.1 Å². The van der Waals surface area contributed by atoms with Crippen molar-refractivity contribution in [3.8, 4) is 0 Å². The van der Waals surface area contributed by atoms with Crippen molar-refractivity contribution in [2.75, 3.05) is 19.7 Å². The molecular formula is C12H21N3O4.